The Bertz CT molecular complexity index is 647. The number of carbonyl (C=O) groups excluding carboxylic acids is 1. The van der Waals surface area contributed by atoms with Crippen LogP contribution in [0, 0.1) is 17.2 Å². The van der Waals surface area contributed by atoms with Crippen LogP contribution in [0.4, 0.5) is 0 Å². The minimum Gasteiger partial charge on any atom is -0.384 e. The largest absolute Gasteiger partial charge is 0.384 e. The summed E-state index contributed by atoms with van der Waals surface area (Å²) >= 11 is 8.48. The van der Waals surface area contributed by atoms with Crippen LogP contribution >= 0.6 is 28.1 Å². The van der Waals surface area contributed by atoms with Gasteiger partial charge in [0.1, 0.15) is 11.7 Å². The van der Waals surface area contributed by atoms with Gasteiger partial charge in [-0.1, -0.05) is 40.3 Å². The van der Waals surface area contributed by atoms with Gasteiger partial charge in [-0.05, 0) is 17.7 Å². The van der Waals surface area contributed by atoms with Gasteiger partial charge in [0.15, 0.2) is 0 Å². The Morgan fingerprint density at radius 2 is 2.00 bits per heavy atom. The summed E-state index contributed by atoms with van der Waals surface area (Å²) < 4.78 is 0.892. The minimum absolute atomic E-state index is 0.169. The maximum Gasteiger partial charge on any atom is 0.228 e. The van der Waals surface area contributed by atoms with Crippen molar-refractivity contribution in [1.82, 2.24) is 5.32 Å². The molecule has 5 nitrogen and oxygen atoms in total. The number of amides is 1. The minimum atomic E-state index is -0.784. The number of primary amides is 1. The second-order valence-electron chi connectivity index (χ2n) is 4.34. The normalized spacial score (nSPS) is 22.1. The number of hydrogen-bond donors (Lipinski definition) is 3. The van der Waals surface area contributed by atoms with Crippen LogP contribution in [0.2, 0.25) is 0 Å². The van der Waals surface area contributed by atoms with E-state index in [0.29, 0.717) is 0 Å². The fourth-order valence-electron chi connectivity index (χ4n) is 2.22. The number of nitrogens with two attached hydrogens (primary N) is 2. The number of nitrogens with zero attached hydrogens (tertiary/aromatic N) is 1. The van der Waals surface area contributed by atoms with E-state index in [4.69, 9.17) is 23.7 Å². The fraction of sp³-hybridized carbons (Fsp3) is 0.154. The maximum atomic E-state index is 11.7. The number of halogens is 1. The number of benzene rings is 1. The molecule has 1 aliphatic rings. The first-order valence-electron chi connectivity index (χ1n) is 5.71. The Hall–Kier alpha value is -1.91. The van der Waals surface area contributed by atoms with E-state index >= 15 is 0 Å². The molecule has 20 heavy (non-hydrogen) atoms. The Kier molecular flexibility index (Phi) is 4.06. The first kappa shape index (κ1) is 14.5. The van der Waals surface area contributed by atoms with Crippen LogP contribution < -0.4 is 16.8 Å². The number of carbonyl (C=O) groups is 1. The van der Waals surface area contributed by atoms with Gasteiger partial charge in [-0.2, -0.15) is 5.26 Å². The van der Waals surface area contributed by atoms with Crippen molar-refractivity contribution in [1.29, 1.82) is 5.26 Å². The predicted octanol–water partition coefficient (Wildman–Crippen LogP) is 1.26. The molecule has 0 saturated carbocycles. The topological polar surface area (TPSA) is 105 Å². The third-order valence-electron chi connectivity index (χ3n) is 3.13. The number of thiocarbonyl (C=S) groups is 1. The lowest BCUT2D eigenvalue weighted by Gasteiger charge is -2.31. The van der Waals surface area contributed by atoms with Crippen LogP contribution in [0.25, 0.3) is 0 Å². The van der Waals surface area contributed by atoms with Crippen LogP contribution in [0.3, 0.4) is 0 Å². The summed E-state index contributed by atoms with van der Waals surface area (Å²) in [7, 11) is 0. The zero-order chi connectivity index (χ0) is 14.9. The second kappa shape index (κ2) is 5.61. The van der Waals surface area contributed by atoms with Gasteiger partial charge in [0.2, 0.25) is 5.91 Å². The molecule has 1 amide bonds. The fourth-order valence-corrected chi connectivity index (χ4v) is 2.84. The van der Waals surface area contributed by atoms with E-state index < -0.39 is 17.7 Å². The average Bonchev–Trinajstić information content (AvgIpc) is 2.38. The number of nitriles is 1. The van der Waals surface area contributed by atoms with E-state index in [2.05, 4.69) is 21.2 Å². The molecule has 0 aliphatic carbocycles. The SMILES string of the molecule is N#CC1=C(N)NC(=S)[C@H](C(N)=O)[C@H]1c1ccc(Br)cc1. The number of rotatable bonds is 2. The molecule has 0 bridgehead atoms. The van der Waals surface area contributed by atoms with Crippen molar-refractivity contribution in [2.75, 3.05) is 0 Å². The Labute approximate surface area is 129 Å². The summed E-state index contributed by atoms with van der Waals surface area (Å²) in [6, 6.07) is 9.30. The van der Waals surface area contributed by atoms with Gasteiger partial charge in [0.25, 0.3) is 0 Å². The molecule has 2 atom stereocenters. The number of allylic oxidation sites excluding steroid dienone is 1. The van der Waals surface area contributed by atoms with E-state index in [0.717, 1.165) is 10.0 Å². The molecule has 5 N–H and O–H groups in total. The zero-order valence-corrected chi connectivity index (χ0v) is 12.7. The monoisotopic (exact) mass is 350 g/mol. The Morgan fingerprint density at radius 3 is 2.50 bits per heavy atom. The standard InChI is InChI=1S/C13H11BrN4OS/c14-7-3-1-6(2-4-7)9-8(5-15)11(16)18-13(20)10(9)12(17)19/h1-4,9-10H,16H2,(H2,17,19)(H,18,20)/t9-,10-/m0/s1. The highest BCUT2D eigenvalue weighted by Crippen LogP contribution is 2.36. The van der Waals surface area contributed by atoms with Crippen molar-refractivity contribution in [3.8, 4) is 6.07 Å². The van der Waals surface area contributed by atoms with Gasteiger partial charge in [-0.15, -0.1) is 0 Å². The molecule has 102 valence electrons. The van der Waals surface area contributed by atoms with E-state index in [9.17, 15) is 10.1 Å². The zero-order valence-electron chi connectivity index (χ0n) is 10.3. The molecule has 1 aromatic carbocycles. The smallest absolute Gasteiger partial charge is 0.228 e. The first-order chi connectivity index (χ1) is 9.45. The van der Waals surface area contributed by atoms with E-state index in [1.54, 1.807) is 0 Å². The molecule has 1 heterocycles. The highest BCUT2D eigenvalue weighted by atomic mass is 79.9. The molecule has 0 radical (unpaired) electrons. The van der Waals surface area contributed by atoms with Gasteiger partial charge in [0, 0.05) is 10.4 Å². The lowest BCUT2D eigenvalue weighted by atomic mass is 9.78. The van der Waals surface area contributed by atoms with Crippen molar-refractivity contribution in [3.05, 3.63) is 45.7 Å². The molecule has 0 aromatic heterocycles. The molecule has 0 spiro atoms. The summed E-state index contributed by atoms with van der Waals surface area (Å²) in [5.41, 5.74) is 12.3. The molecule has 7 heteroatoms. The van der Waals surface area contributed by atoms with E-state index in [1.165, 1.54) is 0 Å². The van der Waals surface area contributed by atoms with Crippen molar-refractivity contribution in [2.24, 2.45) is 17.4 Å². The van der Waals surface area contributed by atoms with Gasteiger partial charge in [-0.3, -0.25) is 4.79 Å². The van der Waals surface area contributed by atoms with Crippen LogP contribution in [0.15, 0.2) is 40.1 Å². The molecule has 0 unspecified atom stereocenters. The van der Waals surface area contributed by atoms with Gasteiger partial charge in [-0.25, -0.2) is 0 Å². The molecule has 0 fully saturated rings. The van der Waals surface area contributed by atoms with Gasteiger partial charge >= 0.3 is 0 Å². The second-order valence-corrected chi connectivity index (χ2v) is 5.69. The van der Waals surface area contributed by atoms with Crippen molar-refractivity contribution < 1.29 is 4.79 Å². The highest BCUT2D eigenvalue weighted by molar-refractivity contribution is 9.10. The Morgan fingerprint density at radius 1 is 1.40 bits per heavy atom. The molecule has 1 aliphatic heterocycles. The summed E-state index contributed by atoms with van der Waals surface area (Å²) in [4.78, 5) is 11.9. The van der Waals surface area contributed by atoms with Crippen LogP contribution in [0.1, 0.15) is 11.5 Å². The summed E-state index contributed by atoms with van der Waals surface area (Å²) in [5.74, 6) is -1.76. The maximum absolute atomic E-state index is 11.7. The molecule has 1 aromatic rings. The van der Waals surface area contributed by atoms with Crippen molar-refractivity contribution >= 4 is 39.0 Å². The average molecular weight is 351 g/mol. The van der Waals surface area contributed by atoms with Gasteiger partial charge in [0.05, 0.1) is 16.6 Å². The lowest BCUT2D eigenvalue weighted by Crippen LogP contribution is -2.47. The number of nitrogens with one attached hydrogen (secondary N) is 1. The lowest BCUT2D eigenvalue weighted by molar-refractivity contribution is -0.120. The predicted molar refractivity (Wildman–Crippen MR) is 82.1 cm³/mol. The highest BCUT2D eigenvalue weighted by Gasteiger charge is 2.39. The third kappa shape index (κ3) is 2.53. The van der Waals surface area contributed by atoms with E-state index in [1.807, 2.05) is 30.3 Å². The third-order valence-corrected chi connectivity index (χ3v) is 4.02. The molecular formula is C13H11BrN4OS. The first-order valence-corrected chi connectivity index (χ1v) is 6.91. The molecular weight excluding hydrogens is 340 g/mol. The van der Waals surface area contributed by atoms with Crippen molar-refractivity contribution in [2.45, 2.75) is 5.92 Å². The summed E-state index contributed by atoms with van der Waals surface area (Å²) in [5, 5.41) is 12.0. The van der Waals surface area contributed by atoms with Gasteiger partial charge < -0.3 is 16.8 Å². The van der Waals surface area contributed by atoms with Crippen LogP contribution in [-0.4, -0.2) is 10.9 Å². The van der Waals surface area contributed by atoms with Crippen LogP contribution in [0.5, 0.6) is 0 Å². The summed E-state index contributed by atoms with van der Waals surface area (Å²) in [6.07, 6.45) is 0. The Balaban J connectivity index is 2.60. The number of hydrogen-bond acceptors (Lipinski definition) is 4. The van der Waals surface area contributed by atoms with E-state index in [-0.39, 0.29) is 16.4 Å². The summed E-state index contributed by atoms with van der Waals surface area (Å²) in [6.45, 7) is 0. The van der Waals surface area contributed by atoms with Crippen molar-refractivity contribution in [3.63, 3.8) is 0 Å². The van der Waals surface area contributed by atoms with Crippen LogP contribution in [-0.2, 0) is 4.79 Å². The molecule has 0 saturated heterocycles. The molecule has 2 rings (SSSR count). The quantitative estimate of drug-likeness (QED) is 0.696.